The van der Waals surface area contributed by atoms with Crippen LogP contribution in [0, 0.1) is 5.92 Å². The fourth-order valence-corrected chi connectivity index (χ4v) is 5.34. The molecule has 7 heteroatoms. The number of halogens is 1. The number of hydrogen-bond donors (Lipinski definition) is 0. The van der Waals surface area contributed by atoms with Crippen LogP contribution in [0.4, 0.5) is 11.4 Å². The van der Waals surface area contributed by atoms with Gasteiger partial charge in [0.15, 0.2) is 0 Å². The molecule has 0 bridgehead atoms. The van der Waals surface area contributed by atoms with Gasteiger partial charge in [0.05, 0.1) is 28.4 Å². The highest BCUT2D eigenvalue weighted by Gasteiger charge is 2.40. The molecule has 0 spiro atoms. The van der Waals surface area contributed by atoms with Gasteiger partial charge in [0.2, 0.25) is 5.91 Å². The molecule has 1 unspecified atom stereocenters. The topological polar surface area (TPSA) is 60.9 Å². The Bertz CT molecular complexity index is 1080. The van der Waals surface area contributed by atoms with Crippen LogP contribution in [0.3, 0.4) is 0 Å². The third kappa shape index (κ3) is 3.66. The van der Waals surface area contributed by atoms with Gasteiger partial charge in [-0.15, -0.1) is 0 Å². The molecule has 6 nitrogen and oxygen atoms in total. The van der Waals surface area contributed by atoms with Crippen molar-refractivity contribution in [2.45, 2.75) is 32.1 Å². The van der Waals surface area contributed by atoms with Gasteiger partial charge in [-0.3, -0.25) is 14.4 Å². The molecule has 3 heterocycles. The summed E-state index contributed by atoms with van der Waals surface area (Å²) >= 11 is 6.10. The number of piperidine rings is 2. The zero-order valence-corrected chi connectivity index (χ0v) is 18.7. The number of rotatable bonds is 3. The number of fused-ring (bicyclic) bond motifs is 1. The van der Waals surface area contributed by atoms with Gasteiger partial charge >= 0.3 is 0 Å². The van der Waals surface area contributed by atoms with Crippen LogP contribution >= 0.6 is 11.6 Å². The summed E-state index contributed by atoms with van der Waals surface area (Å²) in [6.45, 7) is 3.03. The Kier molecular flexibility index (Phi) is 5.64. The number of anilines is 2. The number of carbonyl (C=O) groups excluding carboxylic acids is 3. The van der Waals surface area contributed by atoms with Crippen molar-refractivity contribution in [3.8, 4) is 0 Å². The largest absolute Gasteiger partial charge is 0.370 e. The number of amides is 3. The van der Waals surface area contributed by atoms with Gasteiger partial charge < -0.3 is 9.80 Å². The van der Waals surface area contributed by atoms with E-state index >= 15 is 0 Å². The van der Waals surface area contributed by atoms with E-state index in [4.69, 9.17) is 11.6 Å². The minimum Gasteiger partial charge on any atom is -0.370 e. The molecule has 1 atom stereocenters. The van der Waals surface area contributed by atoms with Gasteiger partial charge in [-0.05, 0) is 62.4 Å². The lowest BCUT2D eigenvalue weighted by atomic mass is 9.94. The summed E-state index contributed by atoms with van der Waals surface area (Å²) in [6, 6.07) is 12.2. The summed E-state index contributed by atoms with van der Waals surface area (Å²) in [6.07, 6.45) is 5.08. The minimum absolute atomic E-state index is 0.0751. The Hall–Kier alpha value is -2.86. The third-order valence-electron chi connectivity index (χ3n) is 6.74. The Balaban J connectivity index is 1.42. The molecular weight excluding hydrogens is 426 g/mol. The van der Waals surface area contributed by atoms with Crippen molar-refractivity contribution in [3.63, 3.8) is 0 Å². The molecule has 0 aromatic heterocycles. The fourth-order valence-electron chi connectivity index (χ4n) is 5.15. The first kappa shape index (κ1) is 21.0. The lowest BCUT2D eigenvalue weighted by molar-refractivity contribution is -0.136. The molecule has 5 rings (SSSR count). The van der Waals surface area contributed by atoms with Crippen molar-refractivity contribution < 1.29 is 14.4 Å². The number of nitrogens with zero attached hydrogens (tertiary/aromatic N) is 3. The predicted molar refractivity (Wildman–Crippen MR) is 124 cm³/mol. The third-order valence-corrected chi connectivity index (χ3v) is 6.97. The molecule has 0 aliphatic carbocycles. The van der Waals surface area contributed by atoms with E-state index in [0.29, 0.717) is 28.4 Å². The molecule has 2 aromatic rings. The summed E-state index contributed by atoms with van der Waals surface area (Å²) in [7, 11) is 0. The molecule has 0 N–H and O–H groups in total. The first-order valence-corrected chi connectivity index (χ1v) is 11.7. The van der Waals surface area contributed by atoms with Crippen LogP contribution in [0.15, 0.2) is 42.5 Å². The van der Waals surface area contributed by atoms with Crippen molar-refractivity contribution in [2.24, 2.45) is 5.92 Å². The number of carbonyl (C=O) groups is 3. The van der Waals surface area contributed by atoms with E-state index < -0.39 is 0 Å². The summed E-state index contributed by atoms with van der Waals surface area (Å²) in [5.41, 5.74) is 2.02. The SMILES string of the molecule is O=C(C1CCCN(c2cccc3c2C(=O)N(c2cccc(Cl)c2)C3=O)C1)N1CCCCC1. The van der Waals surface area contributed by atoms with Gasteiger partial charge in [-0.2, -0.15) is 0 Å². The van der Waals surface area contributed by atoms with E-state index in [2.05, 4.69) is 4.90 Å². The highest BCUT2D eigenvalue weighted by molar-refractivity contribution is 6.37. The molecule has 166 valence electrons. The summed E-state index contributed by atoms with van der Waals surface area (Å²) in [4.78, 5) is 44.9. The lowest BCUT2D eigenvalue weighted by Crippen LogP contribution is -2.46. The Morgan fingerprint density at radius 1 is 0.906 bits per heavy atom. The van der Waals surface area contributed by atoms with Crippen LogP contribution in [0.2, 0.25) is 5.02 Å². The Labute approximate surface area is 192 Å². The maximum Gasteiger partial charge on any atom is 0.268 e. The average Bonchev–Trinajstić information content (AvgIpc) is 3.09. The van der Waals surface area contributed by atoms with Gasteiger partial charge in [-0.25, -0.2) is 4.90 Å². The Morgan fingerprint density at radius 3 is 2.47 bits per heavy atom. The molecule has 3 amide bonds. The minimum atomic E-state index is -0.341. The smallest absolute Gasteiger partial charge is 0.268 e. The summed E-state index contributed by atoms with van der Waals surface area (Å²) in [5, 5.41) is 0.467. The highest BCUT2D eigenvalue weighted by Crippen LogP contribution is 2.37. The molecule has 3 aliphatic heterocycles. The van der Waals surface area contributed by atoms with Crippen molar-refractivity contribution in [2.75, 3.05) is 36.0 Å². The van der Waals surface area contributed by atoms with Crippen molar-refractivity contribution in [1.29, 1.82) is 0 Å². The lowest BCUT2D eigenvalue weighted by Gasteiger charge is -2.37. The highest BCUT2D eigenvalue weighted by atomic mass is 35.5. The average molecular weight is 452 g/mol. The van der Waals surface area contributed by atoms with Crippen molar-refractivity contribution >= 4 is 40.7 Å². The summed E-state index contributed by atoms with van der Waals surface area (Å²) < 4.78 is 0. The summed E-state index contributed by atoms with van der Waals surface area (Å²) in [5.74, 6) is -0.529. The number of likely N-dealkylation sites (tertiary alicyclic amines) is 1. The quantitative estimate of drug-likeness (QED) is 0.650. The van der Waals surface area contributed by atoms with Crippen molar-refractivity contribution in [1.82, 2.24) is 4.90 Å². The van der Waals surface area contributed by atoms with Crippen LogP contribution in [0.1, 0.15) is 52.8 Å². The maximum absolute atomic E-state index is 13.4. The monoisotopic (exact) mass is 451 g/mol. The van der Waals surface area contributed by atoms with E-state index in [1.165, 1.54) is 11.3 Å². The van der Waals surface area contributed by atoms with Gasteiger partial charge in [0.1, 0.15) is 0 Å². The molecule has 0 saturated carbocycles. The van der Waals surface area contributed by atoms with Crippen LogP contribution in [-0.2, 0) is 4.79 Å². The van der Waals surface area contributed by atoms with Crippen LogP contribution in [0.5, 0.6) is 0 Å². The van der Waals surface area contributed by atoms with E-state index in [-0.39, 0.29) is 23.6 Å². The van der Waals surface area contributed by atoms with Crippen LogP contribution < -0.4 is 9.80 Å². The number of benzene rings is 2. The maximum atomic E-state index is 13.4. The van der Waals surface area contributed by atoms with Crippen LogP contribution in [-0.4, -0.2) is 48.8 Å². The zero-order valence-electron chi connectivity index (χ0n) is 17.9. The second-order valence-electron chi connectivity index (χ2n) is 8.80. The fraction of sp³-hybridized carbons (Fsp3) is 0.400. The first-order chi connectivity index (χ1) is 15.5. The van der Waals surface area contributed by atoms with Gasteiger partial charge in [0, 0.05) is 31.2 Å². The van der Waals surface area contributed by atoms with Gasteiger partial charge in [-0.1, -0.05) is 23.7 Å². The van der Waals surface area contributed by atoms with Gasteiger partial charge in [0.25, 0.3) is 11.8 Å². The molecule has 32 heavy (non-hydrogen) atoms. The molecule has 3 aliphatic rings. The second kappa shape index (κ2) is 8.58. The van der Waals surface area contributed by atoms with Crippen molar-refractivity contribution in [3.05, 3.63) is 58.6 Å². The Morgan fingerprint density at radius 2 is 1.69 bits per heavy atom. The molecule has 2 fully saturated rings. The van der Waals surface area contributed by atoms with E-state index in [1.807, 2.05) is 17.0 Å². The molecule has 0 radical (unpaired) electrons. The predicted octanol–water partition coefficient (Wildman–Crippen LogP) is 4.37. The standard InChI is InChI=1S/C25H26ClN3O3/c26-18-8-4-9-19(15-18)29-24(31)20-10-5-11-21(22(20)25(29)32)28-14-6-7-17(16-28)23(30)27-12-2-1-3-13-27/h4-5,8-11,15,17H,1-3,6-7,12-14,16H2. The second-order valence-corrected chi connectivity index (χ2v) is 9.23. The molecule has 2 saturated heterocycles. The number of hydrogen-bond acceptors (Lipinski definition) is 4. The normalized spacial score (nSPS) is 21.2. The van der Waals surface area contributed by atoms with E-state index in [0.717, 1.165) is 51.0 Å². The van der Waals surface area contributed by atoms with Crippen LogP contribution in [0.25, 0.3) is 0 Å². The zero-order chi connectivity index (χ0) is 22.2. The van der Waals surface area contributed by atoms with E-state index in [1.54, 1.807) is 30.3 Å². The molecule has 2 aromatic carbocycles. The first-order valence-electron chi connectivity index (χ1n) is 11.4. The molecular formula is C25H26ClN3O3. The number of imide groups is 1. The van der Waals surface area contributed by atoms with E-state index in [9.17, 15) is 14.4 Å².